The van der Waals surface area contributed by atoms with Crippen LogP contribution in [-0.2, 0) is 15.6 Å². The summed E-state index contributed by atoms with van der Waals surface area (Å²) in [7, 11) is -3.42. The third-order valence-electron chi connectivity index (χ3n) is 4.65. The van der Waals surface area contributed by atoms with Crippen LogP contribution >= 0.6 is 0 Å². The summed E-state index contributed by atoms with van der Waals surface area (Å²) in [6.45, 7) is 0. The molecule has 4 aromatic rings. The zero-order chi connectivity index (χ0) is 22.7. The molecule has 7 nitrogen and oxygen atoms in total. The number of para-hydroxylation sites is 1. The molecule has 0 atom stereocenters. The van der Waals surface area contributed by atoms with Gasteiger partial charge in [0.25, 0.3) is 5.91 Å². The Labute approximate surface area is 184 Å². The fourth-order valence-electron chi connectivity index (χ4n) is 3.22. The number of anilines is 1. The standard InChI is InChI=1S/C24H19NO6S/c1-32(28,29)15-20-19-9-5-6-10-21(19)31-22(20)24(27)30-18-13-11-17(12-14-18)25-23(26)16-7-3-2-4-8-16/h2-14H,15H2,1H3,(H,25,26). The van der Waals surface area contributed by atoms with Gasteiger partial charge in [-0.25, -0.2) is 13.2 Å². The van der Waals surface area contributed by atoms with Crippen molar-refractivity contribution in [1.82, 2.24) is 0 Å². The zero-order valence-electron chi connectivity index (χ0n) is 17.1. The van der Waals surface area contributed by atoms with Crippen molar-refractivity contribution >= 4 is 38.4 Å². The molecule has 0 aliphatic carbocycles. The molecule has 162 valence electrons. The number of ether oxygens (including phenoxy) is 1. The lowest BCUT2D eigenvalue weighted by Gasteiger charge is -2.07. The summed E-state index contributed by atoms with van der Waals surface area (Å²) in [5.74, 6) is -1.35. The third-order valence-corrected chi connectivity index (χ3v) is 5.46. The number of sulfone groups is 1. The Hall–Kier alpha value is -3.91. The minimum Gasteiger partial charge on any atom is -0.449 e. The van der Waals surface area contributed by atoms with Gasteiger partial charge in [0.15, 0.2) is 9.84 Å². The van der Waals surface area contributed by atoms with E-state index < -0.39 is 15.8 Å². The van der Waals surface area contributed by atoms with Gasteiger partial charge in [0.1, 0.15) is 11.3 Å². The molecule has 0 spiro atoms. The van der Waals surface area contributed by atoms with E-state index in [1.807, 2.05) is 6.07 Å². The second-order valence-electron chi connectivity index (χ2n) is 7.21. The van der Waals surface area contributed by atoms with E-state index in [1.165, 1.54) is 12.1 Å². The van der Waals surface area contributed by atoms with Crippen molar-refractivity contribution in [2.75, 3.05) is 11.6 Å². The molecule has 1 heterocycles. The molecule has 0 fully saturated rings. The van der Waals surface area contributed by atoms with E-state index in [4.69, 9.17) is 9.15 Å². The van der Waals surface area contributed by atoms with Crippen LogP contribution in [0.1, 0.15) is 26.5 Å². The Morgan fingerprint density at radius 3 is 2.25 bits per heavy atom. The fraction of sp³-hybridized carbons (Fsp3) is 0.0833. The fourth-order valence-corrected chi connectivity index (χ4v) is 4.03. The van der Waals surface area contributed by atoms with Gasteiger partial charge in [0.2, 0.25) is 5.76 Å². The van der Waals surface area contributed by atoms with E-state index in [-0.39, 0.29) is 28.7 Å². The van der Waals surface area contributed by atoms with E-state index in [0.29, 0.717) is 22.2 Å². The van der Waals surface area contributed by atoms with Crippen LogP contribution in [0, 0.1) is 0 Å². The second-order valence-corrected chi connectivity index (χ2v) is 9.35. The molecule has 1 aromatic heterocycles. The molecule has 0 saturated carbocycles. The van der Waals surface area contributed by atoms with Gasteiger partial charge in [0.05, 0.1) is 5.75 Å². The number of hydrogen-bond donors (Lipinski definition) is 1. The van der Waals surface area contributed by atoms with Gasteiger partial charge in [0, 0.05) is 28.5 Å². The summed E-state index contributed by atoms with van der Waals surface area (Å²) in [5.41, 5.74) is 1.71. The summed E-state index contributed by atoms with van der Waals surface area (Å²) >= 11 is 0. The second kappa shape index (κ2) is 8.68. The molecule has 0 unspecified atom stereocenters. The molecule has 32 heavy (non-hydrogen) atoms. The van der Waals surface area contributed by atoms with E-state index in [2.05, 4.69) is 5.32 Å². The van der Waals surface area contributed by atoms with Gasteiger partial charge in [-0.1, -0.05) is 36.4 Å². The van der Waals surface area contributed by atoms with Crippen molar-refractivity contribution in [3.63, 3.8) is 0 Å². The Balaban J connectivity index is 1.52. The lowest BCUT2D eigenvalue weighted by Crippen LogP contribution is -2.13. The van der Waals surface area contributed by atoms with Gasteiger partial charge in [-0.15, -0.1) is 0 Å². The Morgan fingerprint density at radius 1 is 0.906 bits per heavy atom. The maximum absolute atomic E-state index is 12.8. The van der Waals surface area contributed by atoms with Crippen LogP contribution < -0.4 is 10.1 Å². The largest absolute Gasteiger partial charge is 0.449 e. The maximum atomic E-state index is 12.8. The number of carbonyl (C=O) groups is 2. The van der Waals surface area contributed by atoms with Gasteiger partial charge in [-0.05, 0) is 42.5 Å². The van der Waals surface area contributed by atoms with Crippen LogP contribution in [0.4, 0.5) is 5.69 Å². The highest BCUT2D eigenvalue weighted by Crippen LogP contribution is 2.29. The van der Waals surface area contributed by atoms with Gasteiger partial charge in [-0.2, -0.15) is 0 Å². The van der Waals surface area contributed by atoms with Crippen LogP contribution in [0.2, 0.25) is 0 Å². The Morgan fingerprint density at radius 2 is 1.56 bits per heavy atom. The number of amides is 1. The van der Waals surface area contributed by atoms with Crippen LogP contribution in [0.15, 0.2) is 83.3 Å². The molecule has 8 heteroatoms. The number of esters is 1. The molecule has 0 bridgehead atoms. The number of furan rings is 1. The lowest BCUT2D eigenvalue weighted by molar-refractivity contribution is 0.0702. The van der Waals surface area contributed by atoms with Gasteiger partial charge < -0.3 is 14.5 Å². The highest BCUT2D eigenvalue weighted by atomic mass is 32.2. The number of benzene rings is 3. The summed E-state index contributed by atoms with van der Waals surface area (Å²) in [4.78, 5) is 25.0. The SMILES string of the molecule is CS(=O)(=O)Cc1c(C(=O)Oc2ccc(NC(=O)c3ccccc3)cc2)oc2ccccc12. The first kappa shape index (κ1) is 21.3. The number of rotatable bonds is 6. The molecule has 3 aromatic carbocycles. The van der Waals surface area contributed by atoms with Crippen LogP contribution in [-0.4, -0.2) is 26.6 Å². The molecule has 0 aliphatic rings. The zero-order valence-corrected chi connectivity index (χ0v) is 17.9. The normalized spacial score (nSPS) is 11.3. The number of nitrogens with one attached hydrogen (secondary N) is 1. The molecule has 0 saturated heterocycles. The van der Waals surface area contributed by atoms with Crippen LogP contribution in [0.5, 0.6) is 5.75 Å². The quantitative estimate of drug-likeness (QED) is 0.345. The van der Waals surface area contributed by atoms with Crippen molar-refractivity contribution < 1.29 is 27.2 Å². The topological polar surface area (TPSA) is 103 Å². The number of carbonyl (C=O) groups excluding carboxylic acids is 2. The lowest BCUT2D eigenvalue weighted by atomic mass is 10.1. The first-order chi connectivity index (χ1) is 15.3. The smallest absolute Gasteiger partial charge is 0.379 e. The van der Waals surface area contributed by atoms with Gasteiger partial charge in [-0.3, -0.25) is 4.79 Å². The first-order valence-corrected chi connectivity index (χ1v) is 11.7. The molecular formula is C24H19NO6S. The van der Waals surface area contributed by atoms with Crippen molar-refractivity contribution in [3.8, 4) is 5.75 Å². The Bertz CT molecular complexity index is 1390. The molecule has 1 N–H and O–H groups in total. The third kappa shape index (κ3) is 4.87. The molecule has 0 radical (unpaired) electrons. The van der Waals surface area contributed by atoms with Crippen molar-refractivity contribution in [1.29, 1.82) is 0 Å². The predicted octanol–water partition coefficient (Wildman–Crippen LogP) is 4.45. The number of fused-ring (bicyclic) bond motifs is 1. The molecule has 0 aliphatic heterocycles. The molecule has 1 amide bonds. The van der Waals surface area contributed by atoms with Crippen LogP contribution in [0.3, 0.4) is 0 Å². The van der Waals surface area contributed by atoms with Crippen LogP contribution in [0.25, 0.3) is 11.0 Å². The molecular weight excluding hydrogens is 430 g/mol. The van der Waals surface area contributed by atoms with E-state index in [9.17, 15) is 18.0 Å². The van der Waals surface area contributed by atoms with E-state index in [0.717, 1.165) is 6.26 Å². The predicted molar refractivity (Wildman–Crippen MR) is 121 cm³/mol. The summed E-state index contributed by atoms with van der Waals surface area (Å²) in [6.07, 6.45) is 1.09. The van der Waals surface area contributed by atoms with Crippen molar-refractivity contribution in [2.24, 2.45) is 0 Å². The van der Waals surface area contributed by atoms with Crippen molar-refractivity contribution in [3.05, 3.63) is 95.7 Å². The number of hydrogen-bond acceptors (Lipinski definition) is 6. The highest BCUT2D eigenvalue weighted by molar-refractivity contribution is 7.89. The monoisotopic (exact) mass is 449 g/mol. The highest BCUT2D eigenvalue weighted by Gasteiger charge is 2.25. The van der Waals surface area contributed by atoms with E-state index in [1.54, 1.807) is 60.7 Å². The molecule has 4 rings (SSSR count). The minimum absolute atomic E-state index is 0.155. The summed E-state index contributed by atoms with van der Waals surface area (Å²) in [6, 6.07) is 21.8. The van der Waals surface area contributed by atoms with Gasteiger partial charge >= 0.3 is 5.97 Å². The summed E-state index contributed by atoms with van der Waals surface area (Å²) in [5, 5.41) is 3.30. The van der Waals surface area contributed by atoms with E-state index >= 15 is 0 Å². The Kier molecular flexibility index (Phi) is 5.79. The average molecular weight is 449 g/mol. The first-order valence-electron chi connectivity index (χ1n) is 9.67. The summed E-state index contributed by atoms with van der Waals surface area (Å²) < 4.78 is 34.7. The maximum Gasteiger partial charge on any atom is 0.379 e. The average Bonchev–Trinajstić information content (AvgIpc) is 3.13. The van der Waals surface area contributed by atoms with Crippen molar-refractivity contribution in [2.45, 2.75) is 5.75 Å². The minimum atomic E-state index is -3.42.